The van der Waals surface area contributed by atoms with Gasteiger partial charge in [-0.15, -0.1) is 11.6 Å². The third-order valence-electron chi connectivity index (χ3n) is 5.36. The van der Waals surface area contributed by atoms with Crippen LogP contribution in [-0.4, -0.2) is 48.8 Å². The molecular formula is C25H25ClFNO6. The largest absolute Gasteiger partial charge is 0.462 e. The van der Waals surface area contributed by atoms with E-state index >= 15 is 0 Å². The summed E-state index contributed by atoms with van der Waals surface area (Å²) in [6.07, 6.45) is -0.404. The van der Waals surface area contributed by atoms with Gasteiger partial charge in [0.1, 0.15) is 5.82 Å². The summed E-state index contributed by atoms with van der Waals surface area (Å²) in [7, 11) is 0. The predicted octanol–water partition coefficient (Wildman–Crippen LogP) is 4.17. The molecule has 2 aromatic rings. The first-order valence-electron chi connectivity index (χ1n) is 11.0. The van der Waals surface area contributed by atoms with E-state index in [4.69, 9.17) is 21.1 Å². The Hall–Kier alpha value is -3.26. The van der Waals surface area contributed by atoms with Gasteiger partial charge >= 0.3 is 11.9 Å². The monoisotopic (exact) mass is 489 g/mol. The van der Waals surface area contributed by atoms with E-state index in [0.717, 1.165) is 12.1 Å². The van der Waals surface area contributed by atoms with Gasteiger partial charge in [0.2, 0.25) is 11.7 Å². The molecule has 0 aromatic heterocycles. The second-order valence-corrected chi connectivity index (χ2v) is 8.24. The number of alkyl halides is 1. The van der Waals surface area contributed by atoms with Gasteiger partial charge < -0.3 is 14.4 Å². The molecule has 1 saturated heterocycles. The third kappa shape index (κ3) is 6.20. The maximum absolute atomic E-state index is 13.2. The molecule has 0 spiro atoms. The first kappa shape index (κ1) is 25.4. The zero-order valence-corrected chi connectivity index (χ0v) is 19.4. The molecule has 9 heteroatoms. The number of halogens is 2. The quantitative estimate of drug-likeness (QED) is 0.283. The number of Topliss-reactive ketones (excluding diaryl/α,β-unsaturated/α-hetero) is 1. The van der Waals surface area contributed by atoms with Crippen LogP contribution in [-0.2, 0) is 19.1 Å². The highest BCUT2D eigenvalue weighted by Crippen LogP contribution is 2.27. The molecule has 2 atom stereocenters. The minimum atomic E-state index is -1.13. The van der Waals surface area contributed by atoms with Crippen LogP contribution in [0.4, 0.5) is 10.1 Å². The second-order valence-electron chi connectivity index (χ2n) is 7.86. The van der Waals surface area contributed by atoms with Crippen LogP contribution in [0.1, 0.15) is 46.9 Å². The lowest BCUT2D eigenvalue weighted by Gasteiger charge is -2.19. The number of ether oxygens (including phenoxy) is 2. The van der Waals surface area contributed by atoms with E-state index in [2.05, 4.69) is 0 Å². The molecule has 2 aromatic carbocycles. The fraction of sp³-hybridized carbons (Fsp3) is 0.360. The number of ketones is 1. The predicted molar refractivity (Wildman–Crippen MR) is 123 cm³/mol. The Morgan fingerprint density at radius 2 is 1.74 bits per heavy atom. The Labute approximate surface area is 201 Å². The molecule has 7 nitrogen and oxygen atoms in total. The maximum atomic E-state index is 13.2. The van der Waals surface area contributed by atoms with Crippen LogP contribution in [0.3, 0.4) is 0 Å². The van der Waals surface area contributed by atoms with E-state index < -0.39 is 35.6 Å². The molecule has 0 N–H and O–H groups in total. The van der Waals surface area contributed by atoms with Crippen LogP contribution in [0.2, 0.25) is 0 Å². The number of esters is 2. The number of nitrogens with zero attached hydrogens (tertiary/aromatic N) is 1. The van der Waals surface area contributed by atoms with Crippen molar-refractivity contribution < 1.29 is 33.0 Å². The minimum Gasteiger partial charge on any atom is -0.462 e. The van der Waals surface area contributed by atoms with Gasteiger partial charge in [0.25, 0.3) is 0 Å². The van der Waals surface area contributed by atoms with Crippen LogP contribution in [0.15, 0.2) is 48.5 Å². The van der Waals surface area contributed by atoms with Crippen molar-refractivity contribution in [1.29, 1.82) is 0 Å². The van der Waals surface area contributed by atoms with Crippen molar-refractivity contribution >= 4 is 40.9 Å². The molecule has 0 saturated carbocycles. The first-order valence-corrected chi connectivity index (χ1v) is 11.5. The lowest BCUT2D eigenvalue weighted by Crippen LogP contribution is -2.32. The lowest BCUT2D eigenvalue weighted by molar-refractivity contribution is -0.151. The minimum absolute atomic E-state index is 0.0720. The molecule has 1 aliphatic rings. The summed E-state index contributed by atoms with van der Waals surface area (Å²) in [5.74, 6) is -3.06. The van der Waals surface area contributed by atoms with E-state index in [1.54, 1.807) is 24.3 Å². The summed E-state index contributed by atoms with van der Waals surface area (Å²) in [5, 5.41) is 0. The Bertz CT molecular complexity index is 1040. The molecule has 1 aliphatic heterocycles. The van der Waals surface area contributed by atoms with Gasteiger partial charge in [-0.25, -0.2) is 9.18 Å². The van der Waals surface area contributed by atoms with Crippen LogP contribution in [0.25, 0.3) is 0 Å². The Balaban J connectivity index is 1.64. The topological polar surface area (TPSA) is 90.0 Å². The zero-order valence-electron chi connectivity index (χ0n) is 18.7. The van der Waals surface area contributed by atoms with Crippen LogP contribution in [0.5, 0.6) is 0 Å². The number of amides is 1. The van der Waals surface area contributed by atoms with Crippen molar-refractivity contribution in [3.05, 3.63) is 65.5 Å². The highest BCUT2D eigenvalue weighted by Gasteiger charge is 2.38. The van der Waals surface area contributed by atoms with Gasteiger partial charge in [-0.05, 0) is 55.0 Å². The van der Waals surface area contributed by atoms with Crippen molar-refractivity contribution in [2.45, 2.75) is 32.3 Å². The fourth-order valence-electron chi connectivity index (χ4n) is 3.55. The third-order valence-corrected chi connectivity index (χ3v) is 5.58. The van der Waals surface area contributed by atoms with Crippen molar-refractivity contribution in [3.63, 3.8) is 0 Å². The van der Waals surface area contributed by atoms with Gasteiger partial charge in [-0.3, -0.25) is 14.4 Å². The molecule has 3 rings (SSSR count). The Morgan fingerprint density at radius 3 is 2.35 bits per heavy atom. The smallest absolute Gasteiger partial charge is 0.338 e. The lowest BCUT2D eigenvalue weighted by atomic mass is 10.0. The van der Waals surface area contributed by atoms with Gasteiger partial charge in [0.15, 0.2) is 6.10 Å². The van der Waals surface area contributed by atoms with Gasteiger partial charge in [-0.2, -0.15) is 0 Å². The highest BCUT2D eigenvalue weighted by molar-refractivity contribution is 6.18. The number of carbonyl (C=O) groups is 4. The van der Waals surface area contributed by atoms with Crippen molar-refractivity contribution in [3.8, 4) is 0 Å². The average molecular weight is 490 g/mol. The summed E-state index contributed by atoms with van der Waals surface area (Å²) in [6, 6.07) is 11.3. The summed E-state index contributed by atoms with van der Waals surface area (Å²) in [4.78, 5) is 51.4. The number of carbonyl (C=O) groups excluding carboxylic acids is 4. The summed E-state index contributed by atoms with van der Waals surface area (Å²) in [6.45, 7) is 2.30. The number of rotatable bonds is 10. The Kier molecular flexibility index (Phi) is 8.76. The molecule has 0 radical (unpaired) electrons. The van der Waals surface area contributed by atoms with E-state index in [1.165, 1.54) is 17.0 Å². The molecule has 0 aliphatic carbocycles. The van der Waals surface area contributed by atoms with Gasteiger partial charge in [0, 0.05) is 36.5 Å². The number of anilines is 1. The molecule has 1 amide bonds. The standard InChI is InChI=1S/C25H25ClFNO6/c1-2-13-33-24(31)17-5-9-20(10-6-17)28-15-18(14-22(28)29)25(32)34-21(11-12-26)23(30)16-3-7-19(27)8-4-16/h3-10,18,21H,2,11-15H2,1H3/t18-,21-/m1/s1. The van der Waals surface area contributed by atoms with Crippen molar-refractivity contribution in [1.82, 2.24) is 0 Å². The average Bonchev–Trinajstić information content (AvgIpc) is 3.24. The highest BCUT2D eigenvalue weighted by atomic mass is 35.5. The van der Waals surface area contributed by atoms with Crippen LogP contribution >= 0.6 is 11.6 Å². The molecule has 0 unspecified atom stereocenters. The summed E-state index contributed by atoms with van der Waals surface area (Å²) >= 11 is 5.79. The zero-order chi connectivity index (χ0) is 24.7. The molecule has 0 bridgehead atoms. The van der Waals surface area contributed by atoms with Crippen LogP contribution in [0, 0.1) is 11.7 Å². The molecule has 34 heavy (non-hydrogen) atoms. The van der Waals surface area contributed by atoms with E-state index in [9.17, 15) is 23.6 Å². The fourth-order valence-corrected chi connectivity index (χ4v) is 3.75. The van der Waals surface area contributed by atoms with Crippen LogP contribution < -0.4 is 4.90 Å². The van der Waals surface area contributed by atoms with E-state index in [-0.39, 0.29) is 36.7 Å². The van der Waals surface area contributed by atoms with E-state index in [0.29, 0.717) is 24.3 Å². The molecule has 1 heterocycles. The van der Waals surface area contributed by atoms with Crippen molar-refractivity contribution in [2.75, 3.05) is 23.9 Å². The van der Waals surface area contributed by atoms with Gasteiger partial charge in [-0.1, -0.05) is 6.92 Å². The molecule has 1 fully saturated rings. The summed E-state index contributed by atoms with van der Waals surface area (Å²) in [5.41, 5.74) is 1.10. The Morgan fingerprint density at radius 1 is 1.09 bits per heavy atom. The van der Waals surface area contributed by atoms with Gasteiger partial charge in [0.05, 0.1) is 18.1 Å². The number of hydrogen-bond acceptors (Lipinski definition) is 6. The molecule has 180 valence electrons. The first-order chi connectivity index (χ1) is 16.3. The van der Waals surface area contributed by atoms with Crippen molar-refractivity contribution in [2.24, 2.45) is 5.92 Å². The SMILES string of the molecule is CCCOC(=O)c1ccc(N2C[C@H](C(=O)O[C@H](CCCl)C(=O)c3ccc(F)cc3)CC2=O)cc1. The normalized spacial score (nSPS) is 16.3. The summed E-state index contributed by atoms with van der Waals surface area (Å²) < 4.78 is 23.7. The molecular weight excluding hydrogens is 465 g/mol. The number of benzene rings is 2. The maximum Gasteiger partial charge on any atom is 0.338 e. The second kappa shape index (κ2) is 11.7. The van der Waals surface area contributed by atoms with E-state index in [1.807, 2.05) is 6.92 Å². The number of hydrogen-bond donors (Lipinski definition) is 0.